The molecule has 0 aromatic rings. The third kappa shape index (κ3) is 0.789. The summed E-state index contributed by atoms with van der Waals surface area (Å²) >= 11 is 0. The van der Waals surface area contributed by atoms with Crippen LogP contribution in [0.1, 0.15) is 13.3 Å². The molecule has 58 valence electrons. The molecule has 2 aliphatic rings. The van der Waals surface area contributed by atoms with Crippen LogP contribution in [0, 0.1) is 17.3 Å². The average Bonchev–Trinajstić information content (AvgIpc) is 2.61. The Morgan fingerprint density at radius 2 is 2.30 bits per heavy atom. The predicted molar refractivity (Wildman–Crippen MR) is 39.6 cm³/mol. The fraction of sp³-hybridized carbons (Fsp3) is 1.00. The van der Waals surface area contributed by atoms with Gasteiger partial charge in [0.15, 0.2) is 0 Å². The molecule has 2 rings (SSSR count). The standard InChI is InChI=1S/C8H15NO/c1-8(4-10-5-8)7-2-6(7)3-9/h6-7H,2-5,9H2,1H3/t6-,7+/m0/s1. The van der Waals surface area contributed by atoms with Crippen LogP contribution in [0.4, 0.5) is 0 Å². The van der Waals surface area contributed by atoms with Gasteiger partial charge in [-0.05, 0) is 24.8 Å². The molecule has 2 nitrogen and oxygen atoms in total. The molecule has 0 bridgehead atoms. The lowest BCUT2D eigenvalue weighted by Crippen LogP contribution is -2.42. The molecule has 0 spiro atoms. The third-order valence-corrected chi connectivity index (χ3v) is 2.98. The van der Waals surface area contributed by atoms with Crippen molar-refractivity contribution in [2.24, 2.45) is 23.0 Å². The van der Waals surface area contributed by atoms with Gasteiger partial charge in [-0.25, -0.2) is 0 Å². The first-order chi connectivity index (χ1) is 4.76. The molecule has 1 saturated heterocycles. The van der Waals surface area contributed by atoms with Gasteiger partial charge in [-0.1, -0.05) is 6.92 Å². The van der Waals surface area contributed by atoms with Crippen molar-refractivity contribution in [1.29, 1.82) is 0 Å². The second-order valence-electron chi connectivity index (χ2n) is 3.98. The first-order valence-corrected chi connectivity index (χ1v) is 4.04. The largest absolute Gasteiger partial charge is 0.380 e. The fourth-order valence-electron chi connectivity index (χ4n) is 2.00. The Morgan fingerprint density at radius 3 is 2.60 bits per heavy atom. The van der Waals surface area contributed by atoms with E-state index in [0.29, 0.717) is 5.41 Å². The minimum Gasteiger partial charge on any atom is -0.380 e. The molecule has 0 aromatic carbocycles. The Labute approximate surface area is 61.7 Å². The van der Waals surface area contributed by atoms with Crippen LogP contribution in [-0.4, -0.2) is 19.8 Å². The smallest absolute Gasteiger partial charge is 0.0544 e. The highest BCUT2D eigenvalue weighted by Crippen LogP contribution is 2.53. The Hall–Kier alpha value is -0.0800. The van der Waals surface area contributed by atoms with Gasteiger partial charge in [-0.3, -0.25) is 0 Å². The summed E-state index contributed by atoms with van der Waals surface area (Å²) in [4.78, 5) is 0. The lowest BCUT2D eigenvalue weighted by atomic mass is 9.82. The minimum atomic E-state index is 0.504. The Balaban J connectivity index is 1.90. The van der Waals surface area contributed by atoms with Gasteiger partial charge in [0.05, 0.1) is 13.2 Å². The van der Waals surface area contributed by atoms with E-state index in [0.717, 1.165) is 31.6 Å². The normalized spacial score (nSPS) is 42.6. The molecule has 2 heteroatoms. The van der Waals surface area contributed by atoms with Crippen molar-refractivity contribution in [3.63, 3.8) is 0 Å². The van der Waals surface area contributed by atoms with Crippen molar-refractivity contribution < 1.29 is 4.74 Å². The SMILES string of the molecule is CC1([C@@H]2C[C@H]2CN)COC1. The van der Waals surface area contributed by atoms with E-state index < -0.39 is 0 Å². The average molecular weight is 141 g/mol. The quantitative estimate of drug-likeness (QED) is 0.611. The Kier molecular flexibility index (Phi) is 1.29. The van der Waals surface area contributed by atoms with Gasteiger partial charge < -0.3 is 10.5 Å². The van der Waals surface area contributed by atoms with Gasteiger partial charge in [0.2, 0.25) is 0 Å². The maximum Gasteiger partial charge on any atom is 0.0544 e. The molecule has 10 heavy (non-hydrogen) atoms. The summed E-state index contributed by atoms with van der Waals surface area (Å²) in [6.45, 7) is 5.12. The Bertz CT molecular complexity index is 142. The molecule has 1 saturated carbocycles. The van der Waals surface area contributed by atoms with Crippen molar-refractivity contribution in [3.8, 4) is 0 Å². The first-order valence-electron chi connectivity index (χ1n) is 4.04. The van der Waals surface area contributed by atoms with E-state index in [9.17, 15) is 0 Å². The van der Waals surface area contributed by atoms with Gasteiger partial charge in [0, 0.05) is 5.41 Å². The van der Waals surface area contributed by atoms with E-state index >= 15 is 0 Å². The van der Waals surface area contributed by atoms with Crippen LogP contribution in [0.25, 0.3) is 0 Å². The number of hydrogen-bond donors (Lipinski definition) is 1. The number of hydrogen-bond acceptors (Lipinski definition) is 2. The first kappa shape index (κ1) is 6.62. The zero-order valence-electron chi connectivity index (χ0n) is 6.47. The summed E-state index contributed by atoms with van der Waals surface area (Å²) in [5, 5.41) is 0. The third-order valence-electron chi connectivity index (χ3n) is 2.98. The lowest BCUT2D eigenvalue weighted by Gasteiger charge is -2.38. The second-order valence-corrected chi connectivity index (χ2v) is 3.98. The highest BCUT2D eigenvalue weighted by Gasteiger charge is 2.52. The van der Waals surface area contributed by atoms with E-state index in [1.165, 1.54) is 6.42 Å². The molecule has 2 atom stereocenters. The van der Waals surface area contributed by atoms with Gasteiger partial charge in [-0.15, -0.1) is 0 Å². The highest BCUT2D eigenvalue weighted by molar-refractivity contribution is 5.01. The van der Waals surface area contributed by atoms with E-state index in [1.807, 2.05) is 0 Å². The van der Waals surface area contributed by atoms with Gasteiger partial charge in [0.25, 0.3) is 0 Å². The molecule has 1 heterocycles. The summed E-state index contributed by atoms with van der Waals surface area (Å²) in [6, 6.07) is 0. The number of ether oxygens (including phenoxy) is 1. The minimum absolute atomic E-state index is 0.504. The van der Waals surface area contributed by atoms with E-state index in [2.05, 4.69) is 6.92 Å². The zero-order valence-corrected chi connectivity index (χ0v) is 6.47. The maximum absolute atomic E-state index is 5.56. The van der Waals surface area contributed by atoms with Crippen LogP contribution >= 0.6 is 0 Å². The molecule has 0 unspecified atom stereocenters. The van der Waals surface area contributed by atoms with Crippen molar-refractivity contribution in [2.75, 3.05) is 19.8 Å². The summed E-state index contributed by atoms with van der Waals surface area (Å²) in [5.41, 5.74) is 6.06. The Morgan fingerprint density at radius 1 is 1.60 bits per heavy atom. The molecule has 0 radical (unpaired) electrons. The summed E-state index contributed by atoms with van der Waals surface area (Å²) < 4.78 is 5.19. The van der Waals surface area contributed by atoms with Gasteiger partial charge in [0.1, 0.15) is 0 Å². The molecule has 1 aliphatic heterocycles. The van der Waals surface area contributed by atoms with Crippen LogP contribution < -0.4 is 5.73 Å². The van der Waals surface area contributed by atoms with Gasteiger partial charge >= 0.3 is 0 Å². The monoisotopic (exact) mass is 141 g/mol. The zero-order chi connectivity index (χ0) is 7.19. The molecule has 0 amide bonds. The lowest BCUT2D eigenvalue weighted by molar-refractivity contribution is -0.116. The summed E-state index contributed by atoms with van der Waals surface area (Å²) in [7, 11) is 0. The maximum atomic E-state index is 5.56. The van der Waals surface area contributed by atoms with E-state index in [1.54, 1.807) is 0 Å². The van der Waals surface area contributed by atoms with Gasteiger partial charge in [-0.2, -0.15) is 0 Å². The van der Waals surface area contributed by atoms with E-state index in [4.69, 9.17) is 10.5 Å². The van der Waals surface area contributed by atoms with Crippen LogP contribution in [-0.2, 0) is 4.74 Å². The molecular formula is C8H15NO. The van der Waals surface area contributed by atoms with Crippen LogP contribution in [0.2, 0.25) is 0 Å². The molecule has 2 N–H and O–H groups in total. The highest BCUT2D eigenvalue weighted by atomic mass is 16.5. The second kappa shape index (κ2) is 1.95. The van der Waals surface area contributed by atoms with Crippen LogP contribution in [0.5, 0.6) is 0 Å². The fourth-order valence-corrected chi connectivity index (χ4v) is 2.00. The topological polar surface area (TPSA) is 35.2 Å². The number of rotatable bonds is 2. The van der Waals surface area contributed by atoms with Crippen molar-refractivity contribution in [3.05, 3.63) is 0 Å². The molecule has 0 aromatic heterocycles. The molecular weight excluding hydrogens is 126 g/mol. The van der Waals surface area contributed by atoms with Crippen LogP contribution in [0.15, 0.2) is 0 Å². The summed E-state index contributed by atoms with van der Waals surface area (Å²) in [5.74, 6) is 1.69. The van der Waals surface area contributed by atoms with Crippen molar-refractivity contribution in [1.82, 2.24) is 0 Å². The van der Waals surface area contributed by atoms with E-state index in [-0.39, 0.29) is 0 Å². The van der Waals surface area contributed by atoms with Crippen molar-refractivity contribution >= 4 is 0 Å². The molecule has 2 fully saturated rings. The van der Waals surface area contributed by atoms with Crippen LogP contribution in [0.3, 0.4) is 0 Å². The molecule has 1 aliphatic carbocycles. The van der Waals surface area contributed by atoms with Crippen molar-refractivity contribution in [2.45, 2.75) is 13.3 Å². The predicted octanol–water partition coefficient (Wildman–Crippen LogP) is 0.618. The number of nitrogens with two attached hydrogens (primary N) is 1. The summed E-state index contributed by atoms with van der Waals surface area (Å²) in [6.07, 6.45) is 1.34.